The van der Waals surface area contributed by atoms with E-state index in [0.717, 1.165) is 18.6 Å². The summed E-state index contributed by atoms with van der Waals surface area (Å²) >= 11 is 6.87. The van der Waals surface area contributed by atoms with E-state index in [9.17, 15) is 9.90 Å². The monoisotopic (exact) mass is 391 g/mol. The first kappa shape index (κ1) is 22.8. The van der Waals surface area contributed by atoms with Crippen molar-refractivity contribution in [3.05, 3.63) is 35.9 Å². The first-order chi connectivity index (χ1) is 10.1. The molecule has 1 N–H and O–H groups in total. The Morgan fingerprint density at radius 1 is 1.39 bits per heavy atom. The third kappa shape index (κ3) is 6.66. The molecule has 1 fully saturated rings. The molecule has 0 unspecified atom stereocenters. The number of carbonyl (C=O) groups excluding carboxylic acids is 1. The van der Waals surface area contributed by atoms with Gasteiger partial charge in [0.2, 0.25) is 5.91 Å². The van der Waals surface area contributed by atoms with Crippen molar-refractivity contribution in [1.82, 2.24) is 4.90 Å². The third-order valence-electron chi connectivity index (χ3n) is 3.58. The van der Waals surface area contributed by atoms with Crippen molar-refractivity contribution in [2.24, 2.45) is 0 Å². The van der Waals surface area contributed by atoms with Crippen LogP contribution in [-0.2, 0) is 11.2 Å². The van der Waals surface area contributed by atoms with Crippen LogP contribution in [0.15, 0.2) is 30.3 Å². The third-order valence-corrected chi connectivity index (χ3v) is 5.12. The molecule has 1 aliphatic heterocycles. The van der Waals surface area contributed by atoms with Crippen molar-refractivity contribution in [3.63, 3.8) is 0 Å². The molecule has 1 amide bonds. The molecule has 23 heavy (non-hydrogen) atoms. The summed E-state index contributed by atoms with van der Waals surface area (Å²) < 4.78 is 0.643. The molecule has 1 aromatic rings. The van der Waals surface area contributed by atoms with Crippen LogP contribution in [0.2, 0.25) is 0 Å². The number of hydrogen-bond donors (Lipinski definition) is 1. The fraction of sp³-hybridized carbons (Fsp3) is 0.500. The van der Waals surface area contributed by atoms with Gasteiger partial charge in [-0.25, -0.2) is 0 Å². The average Bonchev–Trinajstić information content (AvgIpc) is 2.81. The van der Waals surface area contributed by atoms with Crippen molar-refractivity contribution in [2.75, 3.05) is 5.75 Å². The summed E-state index contributed by atoms with van der Waals surface area (Å²) in [6.07, 6.45) is 1.95. The van der Waals surface area contributed by atoms with Gasteiger partial charge in [-0.1, -0.05) is 67.7 Å². The Morgan fingerprint density at radius 3 is 2.65 bits per heavy atom. The summed E-state index contributed by atoms with van der Waals surface area (Å²) in [5.41, 5.74) is 1.21. The zero-order valence-electron chi connectivity index (χ0n) is 13.2. The molecule has 0 spiro atoms. The van der Waals surface area contributed by atoms with E-state index in [2.05, 4.69) is 12.1 Å². The molecule has 3 nitrogen and oxygen atoms in total. The number of aliphatic hydroxyl groups is 1. The molecule has 1 aromatic carbocycles. The normalized spacial score (nSPS) is 18.1. The molecular formula is C16H25NO2S4. The van der Waals surface area contributed by atoms with Gasteiger partial charge in [0.25, 0.3) is 0 Å². The lowest BCUT2D eigenvalue weighted by Crippen LogP contribution is -2.41. The Morgan fingerprint density at radius 2 is 2.04 bits per heavy atom. The fourth-order valence-electron chi connectivity index (χ4n) is 2.54. The number of aliphatic hydroxyl groups excluding tert-OH is 1. The van der Waals surface area contributed by atoms with Crippen LogP contribution in [0.5, 0.6) is 0 Å². The Kier molecular flexibility index (Phi) is 11.3. The second-order valence-electron chi connectivity index (χ2n) is 5.33. The lowest BCUT2D eigenvalue weighted by molar-refractivity contribution is -0.130. The van der Waals surface area contributed by atoms with Crippen molar-refractivity contribution in [2.45, 2.75) is 44.8 Å². The van der Waals surface area contributed by atoms with Crippen LogP contribution in [0.25, 0.3) is 0 Å². The van der Waals surface area contributed by atoms with Gasteiger partial charge in [-0.15, -0.1) is 0 Å². The number of carbonyl (C=O) groups is 1. The molecule has 130 valence electrons. The molecule has 1 heterocycles. The minimum atomic E-state index is -0.562. The highest BCUT2D eigenvalue weighted by Gasteiger charge is 2.34. The van der Waals surface area contributed by atoms with Gasteiger partial charge in [0.15, 0.2) is 0 Å². The molecule has 0 bridgehead atoms. The molecule has 0 aromatic heterocycles. The second kappa shape index (κ2) is 11.4. The summed E-state index contributed by atoms with van der Waals surface area (Å²) in [4.78, 5) is 14.1. The van der Waals surface area contributed by atoms with Crippen LogP contribution < -0.4 is 0 Å². The van der Waals surface area contributed by atoms with E-state index in [1.807, 2.05) is 25.1 Å². The SMILES string of the molecule is CCC[C@H](O)CC(=O)N1C(=S)SC[C@@H]1Cc1ccccc1.S.S. The van der Waals surface area contributed by atoms with Gasteiger partial charge in [0, 0.05) is 5.75 Å². The maximum atomic E-state index is 12.4. The Balaban J connectivity index is 0.00000242. The van der Waals surface area contributed by atoms with E-state index in [1.165, 1.54) is 5.56 Å². The Hall–Kier alpha value is -0.210. The number of nitrogens with zero attached hydrogens (tertiary/aromatic N) is 1. The number of thiocarbonyl (C=S) groups is 1. The smallest absolute Gasteiger partial charge is 0.230 e. The number of benzene rings is 1. The molecule has 7 heteroatoms. The maximum absolute atomic E-state index is 12.4. The lowest BCUT2D eigenvalue weighted by atomic mass is 10.1. The summed E-state index contributed by atoms with van der Waals surface area (Å²) in [6, 6.07) is 10.2. The number of thioether (sulfide) groups is 1. The second-order valence-corrected chi connectivity index (χ2v) is 6.98. The fourth-order valence-corrected chi connectivity index (χ4v) is 3.98. The predicted octanol–water partition coefficient (Wildman–Crippen LogP) is 3.23. The van der Waals surface area contributed by atoms with E-state index < -0.39 is 6.10 Å². The van der Waals surface area contributed by atoms with Gasteiger partial charge in [0.05, 0.1) is 18.6 Å². The topological polar surface area (TPSA) is 40.5 Å². The van der Waals surface area contributed by atoms with Gasteiger partial charge in [-0.05, 0) is 18.4 Å². The average molecular weight is 392 g/mol. The largest absolute Gasteiger partial charge is 0.393 e. The van der Waals surface area contributed by atoms with E-state index >= 15 is 0 Å². The molecule has 1 aliphatic rings. The van der Waals surface area contributed by atoms with Crippen LogP contribution in [0.1, 0.15) is 31.7 Å². The number of amides is 1. The predicted molar refractivity (Wildman–Crippen MR) is 112 cm³/mol. The molecule has 0 saturated carbocycles. The summed E-state index contributed by atoms with van der Waals surface area (Å²) in [5.74, 6) is 0.787. The van der Waals surface area contributed by atoms with Crippen LogP contribution in [0, 0.1) is 0 Å². The van der Waals surface area contributed by atoms with E-state index in [0.29, 0.717) is 10.7 Å². The van der Waals surface area contributed by atoms with Gasteiger partial charge in [-0.2, -0.15) is 27.0 Å². The van der Waals surface area contributed by atoms with Crippen LogP contribution in [-0.4, -0.2) is 38.1 Å². The molecule has 2 rings (SSSR count). The number of hydrogen-bond acceptors (Lipinski definition) is 4. The van der Waals surface area contributed by atoms with Crippen LogP contribution >= 0.6 is 51.0 Å². The van der Waals surface area contributed by atoms with Crippen molar-refractivity contribution in [1.29, 1.82) is 0 Å². The minimum Gasteiger partial charge on any atom is -0.393 e. The first-order valence-electron chi connectivity index (χ1n) is 7.32. The molecule has 0 radical (unpaired) electrons. The van der Waals surface area contributed by atoms with Crippen LogP contribution in [0.4, 0.5) is 0 Å². The molecule has 1 saturated heterocycles. The summed E-state index contributed by atoms with van der Waals surface area (Å²) in [5, 5.41) is 9.84. The van der Waals surface area contributed by atoms with E-state index in [-0.39, 0.29) is 45.4 Å². The van der Waals surface area contributed by atoms with Gasteiger partial charge in [0.1, 0.15) is 4.32 Å². The van der Waals surface area contributed by atoms with Crippen molar-refractivity contribution >= 4 is 61.2 Å². The molecular weight excluding hydrogens is 366 g/mol. The quantitative estimate of drug-likeness (QED) is 0.756. The maximum Gasteiger partial charge on any atom is 0.230 e. The highest BCUT2D eigenvalue weighted by Crippen LogP contribution is 2.28. The standard InChI is InChI=1S/C16H21NO2S2.2H2S/c1-2-6-14(18)10-15(19)17-13(11-21-16(17)20)9-12-7-4-3-5-8-12;;/h3-5,7-8,13-14,18H,2,6,9-11H2,1H3;2*1H2/t13-,14-;;/m0../s1. The highest BCUT2D eigenvalue weighted by atomic mass is 32.2. The van der Waals surface area contributed by atoms with Crippen molar-refractivity contribution < 1.29 is 9.90 Å². The zero-order chi connectivity index (χ0) is 15.2. The van der Waals surface area contributed by atoms with Gasteiger partial charge in [-0.3, -0.25) is 9.69 Å². The Bertz CT molecular complexity index is 498. The molecule has 0 aliphatic carbocycles. The van der Waals surface area contributed by atoms with E-state index in [4.69, 9.17) is 12.2 Å². The zero-order valence-corrected chi connectivity index (χ0v) is 16.8. The summed E-state index contributed by atoms with van der Waals surface area (Å²) in [7, 11) is 0. The Labute approximate surface area is 162 Å². The molecule has 2 atom stereocenters. The summed E-state index contributed by atoms with van der Waals surface area (Å²) in [6.45, 7) is 2.00. The van der Waals surface area contributed by atoms with Crippen molar-refractivity contribution in [3.8, 4) is 0 Å². The van der Waals surface area contributed by atoms with Crippen LogP contribution in [0.3, 0.4) is 0 Å². The van der Waals surface area contributed by atoms with Gasteiger partial charge >= 0.3 is 0 Å². The highest BCUT2D eigenvalue weighted by molar-refractivity contribution is 8.23. The first-order valence-corrected chi connectivity index (χ1v) is 8.72. The minimum absolute atomic E-state index is 0. The number of rotatable bonds is 6. The van der Waals surface area contributed by atoms with Gasteiger partial charge < -0.3 is 5.11 Å². The lowest BCUT2D eigenvalue weighted by Gasteiger charge is -2.24. The van der Waals surface area contributed by atoms with E-state index in [1.54, 1.807) is 16.7 Å².